The van der Waals surface area contributed by atoms with Crippen LogP contribution in [0.5, 0.6) is 0 Å². The molecule has 0 amide bonds. The SMILES string of the molecule is CN1C=C2C(=C(C3=CCN([C@H]4CC[C@H](CC(=O)O)CC4)CC3)C1)NN=C1C=Cc3cc(F)cc2c31. The molecule has 2 aliphatic carbocycles. The lowest BCUT2D eigenvalue weighted by Gasteiger charge is -2.39. The summed E-state index contributed by atoms with van der Waals surface area (Å²) in [5.74, 6) is -0.574. The standard InChI is InChI=1S/C28H31FN4O2/c1-32-15-23(18-8-10-33(11-9-18)21-5-2-17(3-6-21)12-26(34)35)28-24(16-32)22-14-20(29)13-19-4-7-25(27(19)22)30-31-28/h4,7-8,13-14,16-17,21,31H,2-3,5-6,9-12,15H2,1H3,(H,34,35)/t17-,21-. The number of aliphatic carboxylic acids is 1. The number of carboxylic acid groups (broad SMARTS) is 1. The molecule has 7 heteroatoms. The Morgan fingerprint density at radius 1 is 1.23 bits per heavy atom. The zero-order valence-corrected chi connectivity index (χ0v) is 20.1. The number of hydrogen-bond acceptors (Lipinski definition) is 5. The number of hydrazone groups is 1. The van der Waals surface area contributed by atoms with Gasteiger partial charge < -0.3 is 10.0 Å². The van der Waals surface area contributed by atoms with E-state index in [4.69, 9.17) is 10.2 Å². The number of fused-ring (bicyclic) bond motifs is 2. The highest BCUT2D eigenvalue weighted by Crippen LogP contribution is 2.40. The number of halogens is 1. The van der Waals surface area contributed by atoms with Gasteiger partial charge in [-0.3, -0.25) is 15.1 Å². The van der Waals surface area contributed by atoms with Gasteiger partial charge in [-0.1, -0.05) is 12.2 Å². The van der Waals surface area contributed by atoms with E-state index in [1.54, 1.807) is 12.1 Å². The molecule has 0 spiro atoms. The summed E-state index contributed by atoms with van der Waals surface area (Å²) in [6.45, 7) is 2.71. The van der Waals surface area contributed by atoms with Crippen LogP contribution in [0.1, 0.15) is 55.2 Å². The Hall–Kier alpha value is -3.19. The van der Waals surface area contributed by atoms with Gasteiger partial charge in [0, 0.05) is 62.1 Å². The van der Waals surface area contributed by atoms with Crippen molar-refractivity contribution in [3.8, 4) is 0 Å². The maximum absolute atomic E-state index is 14.5. The van der Waals surface area contributed by atoms with Crippen LogP contribution in [-0.2, 0) is 4.79 Å². The monoisotopic (exact) mass is 474 g/mol. The second-order valence-corrected chi connectivity index (χ2v) is 10.4. The maximum Gasteiger partial charge on any atom is 0.303 e. The van der Waals surface area contributed by atoms with Gasteiger partial charge in [0.2, 0.25) is 0 Å². The minimum absolute atomic E-state index is 0.229. The van der Waals surface area contributed by atoms with Crippen LogP contribution in [0, 0.1) is 11.7 Å². The molecule has 3 heterocycles. The van der Waals surface area contributed by atoms with Gasteiger partial charge in [0.25, 0.3) is 0 Å². The van der Waals surface area contributed by atoms with Gasteiger partial charge in [0.1, 0.15) is 5.82 Å². The normalized spacial score (nSPS) is 25.8. The lowest BCUT2D eigenvalue weighted by Crippen LogP contribution is -2.41. The van der Waals surface area contributed by atoms with Crippen LogP contribution < -0.4 is 5.43 Å². The van der Waals surface area contributed by atoms with Gasteiger partial charge in [0.05, 0.1) is 11.4 Å². The third-order valence-electron chi connectivity index (χ3n) is 8.14. The number of hydrogen-bond donors (Lipinski definition) is 2. The largest absolute Gasteiger partial charge is 0.481 e. The van der Waals surface area contributed by atoms with Crippen molar-refractivity contribution in [2.75, 3.05) is 26.7 Å². The quantitative estimate of drug-likeness (QED) is 0.679. The fourth-order valence-electron chi connectivity index (χ4n) is 6.39. The molecule has 6 nitrogen and oxygen atoms in total. The molecule has 1 aromatic carbocycles. The highest BCUT2D eigenvalue weighted by Gasteiger charge is 2.32. The Balaban J connectivity index is 1.25. The topological polar surface area (TPSA) is 68.2 Å². The molecule has 1 saturated carbocycles. The number of allylic oxidation sites excluding steroid dienone is 2. The van der Waals surface area contributed by atoms with E-state index in [2.05, 4.69) is 34.5 Å². The van der Waals surface area contributed by atoms with Crippen molar-refractivity contribution in [2.45, 2.75) is 44.6 Å². The van der Waals surface area contributed by atoms with E-state index in [0.717, 1.165) is 85.4 Å². The Morgan fingerprint density at radius 2 is 2.06 bits per heavy atom. The summed E-state index contributed by atoms with van der Waals surface area (Å²) >= 11 is 0. The lowest BCUT2D eigenvalue weighted by atomic mass is 9.82. The number of likely N-dealkylation sites (N-methyl/N-ethyl adjacent to an activating group) is 1. The summed E-state index contributed by atoms with van der Waals surface area (Å²) in [6, 6.07) is 3.75. The van der Waals surface area contributed by atoms with Crippen molar-refractivity contribution < 1.29 is 14.3 Å². The zero-order valence-electron chi connectivity index (χ0n) is 20.1. The molecule has 0 aromatic heterocycles. The molecule has 182 valence electrons. The van der Waals surface area contributed by atoms with E-state index in [1.807, 2.05) is 12.2 Å². The molecule has 6 rings (SSSR count). The van der Waals surface area contributed by atoms with Crippen LogP contribution >= 0.6 is 0 Å². The van der Waals surface area contributed by atoms with Crippen LogP contribution in [0.15, 0.2) is 52.4 Å². The Labute approximate surface area is 205 Å². The molecule has 2 N–H and O–H groups in total. The van der Waals surface area contributed by atoms with Crippen molar-refractivity contribution in [1.82, 2.24) is 15.2 Å². The van der Waals surface area contributed by atoms with Gasteiger partial charge in [-0.15, -0.1) is 0 Å². The smallest absolute Gasteiger partial charge is 0.303 e. The van der Waals surface area contributed by atoms with Crippen LogP contribution in [-0.4, -0.2) is 59.3 Å². The first kappa shape index (κ1) is 22.3. The molecule has 35 heavy (non-hydrogen) atoms. The van der Waals surface area contributed by atoms with E-state index in [-0.39, 0.29) is 5.82 Å². The molecule has 1 fully saturated rings. The average molecular weight is 475 g/mol. The third-order valence-corrected chi connectivity index (χ3v) is 8.14. The van der Waals surface area contributed by atoms with Crippen LogP contribution in [0.2, 0.25) is 0 Å². The number of benzene rings is 1. The molecule has 5 aliphatic rings. The molecule has 0 atom stereocenters. The highest BCUT2D eigenvalue weighted by atomic mass is 19.1. The predicted octanol–water partition coefficient (Wildman–Crippen LogP) is 4.37. The van der Waals surface area contributed by atoms with Crippen LogP contribution in [0.3, 0.4) is 0 Å². The maximum atomic E-state index is 14.5. The van der Waals surface area contributed by atoms with Gasteiger partial charge in [-0.05, 0) is 72.9 Å². The lowest BCUT2D eigenvalue weighted by molar-refractivity contribution is -0.138. The van der Waals surface area contributed by atoms with Crippen molar-refractivity contribution in [1.29, 1.82) is 0 Å². The first-order chi connectivity index (χ1) is 17.0. The average Bonchev–Trinajstić information content (AvgIpc) is 3.18. The Bertz CT molecular complexity index is 1230. The van der Waals surface area contributed by atoms with Crippen LogP contribution in [0.25, 0.3) is 11.6 Å². The van der Waals surface area contributed by atoms with Crippen molar-refractivity contribution in [3.63, 3.8) is 0 Å². The minimum Gasteiger partial charge on any atom is -0.481 e. The van der Waals surface area contributed by atoms with Gasteiger partial charge >= 0.3 is 5.97 Å². The van der Waals surface area contributed by atoms with Crippen LogP contribution in [0.4, 0.5) is 4.39 Å². The molecule has 1 aromatic rings. The summed E-state index contributed by atoms with van der Waals surface area (Å²) in [5.41, 5.74) is 11.5. The molecule has 0 bridgehead atoms. The van der Waals surface area contributed by atoms with Gasteiger partial charge in [-0.25, -0.2) is 4.39 Å². The third kappa shape index (κ3) is 4.12. The van der Waals surface area contributed by atoms with Crippen molar-refractivity contribution in [2.24, 2.45) is 11.0 Å². The van der Waals surface area contributed by atoms with E-state index < -0.39 is 5.97 Å². The highest BCUT2D eigenvalue weighted by molar-refractivity contribution is 6.20. The number of rotatable bonds is 4. The van der Waals surface area contributed by atoms with E-state index in [0.29, 0.717) is 18.4 Å². The summed E-state index contributed by atoms with van der Waals surface area (Å²) in [4.78, 5) is 15.8. The summed E-state index contributed by atoms with van der Waals surface area (Å²) in [6.07, 6.45) is 13.8. The Morgan fingerprint density at radius 3 is 2.80 bits per heavy atom. The summed E-state index contributed by atoms with van der Waals surface area (Å²) in [5, 5.41) is 13.8. The zero-order chi connectivity index (χ0) is 24.1. The van der Waals surface area contributed by atoms with Crippen molar-refractivity contribution >= 4 is 23.3 Å². The van der Waals surface area contributed by atoms with Gasteiger partial charge in [0.15, 0.2) is 0 Å². The number of nitrogens with one attached hydrogen (secondary N) is 1. The molecular formula is C28H31FN4O2. The first-order valence-corrected chi connectivity index (χ1v) is 12.6. The van der Waals surface area contributed by atoms with Gasteiger partial charge in [-0.2, -0.15) is 5.10 Å². The molecule has 0 unspecified atom stereocenters. The fourth-order valence-corrected chi connectivity index (χ4v) is 6.39. The molecular weight excluding hydrogens is 443 g/mol. The van der Waals surface area contributed by atoms with Crippen molar-refractivity contribution in [3.05, 3.63) is 69.8 Å². The predicted molar refractivity (Wildman–Crippen MR) is 135 cm³/mol. The second kappa shape index (κ2) is 8.79. The van der Waals surface area contributed by atoms with E-state index in [1.165, 1.54) is 11.1 Å². The fraction of sp³-hybridized carbons (Fsp3) is 0.429. The molecule has 0 radical (unpaired) electrons. The minimum atomic E-state index is -0.674. The molecule has 3 aliphatic heterocycles. The number of carboxylic acids is 1. The Kier molecular flexibility index (Phi) is 5.60. The first-order valence-electron chi connectivity index (χ1n) is 12.6. The second-order valence-electron chi connectivity index (χ2n) is 10.4. The van der Waals surface area contributed by atoms with E-state index >= 15 is 0 Å². The molecule has 0 saturated heterocycles. The summed E-state index contributed by atoms with van der Waals surface area (Å²) in [7, 11) is 2.07. The van der Waals surface area contributed by atoms with E-state index in [9.17, 15) is 9.18 Å². The number of carbonyl (C=O) groups is 1. The summed E-state index contributed by atoms with van der Waals surface area (Å²) < 4.78 is 14.5. The number of nitrogens with zero attached hydrogens (tertiary/aromatic N) is 3.